The van der Waals surface area contributed by atoms with Crippen LogP contribution in [0.2, 0.25) is 5.02 Å². The molecule has 3 aromatic rings. The van der Waals surface area contributed by atoms with Gasteiger partial charge >= 0.3 is 0 Å². The predicted molar refractivity (Wildman–Crippen MR) is 96.5 cm³/mol. The Morgan fingerprint density at radius 2 is 2.00 bits per heavy atom. The maximum atomic E-state index is 5.90. The molecule has 2 heterocycles. The average Bonchev–Trinajstić information content (AvgIpc) is 3.22. The van der Waals surface area contributed by atoms with Crippen LogP contribution in [0.3, 0.4) is 0 Å². The largest absolute Gasteiger partial charge is 0.420 e. The zero-order valence-corrected chi connectivity index (χ0v) is 15.0. The lowest BCUT2D eigenvalue weighted by atomic mass is 10.2. The quantitative estimate of drug-likeness (QED) is 0.453. The number of thioether (sulfide) groups is 1. The molecule has 25 heavy (non-hydrogen) atoms. The molecule has 0 unspecified atom stereocenters. The highest BCUT2D eigenvalue weighted by atomic mass is 35.5. The Morgan fingerprint density at radius 1 is 1.20 bits per heavy atom. The van der Waals surface area contributed by atoms with Crippen molar-refractivity contribution < 1.29 is 4.42 Å². The van der Waals surface area contributed by atoms with Crippen molar-refractivity contribution in [3.63, 3.8) is 0 Å². The predicted octanol–water partition coefficient (Wildman–Crippen LogP) is 4.34. The van der Waals surface area contributed by atoms with Gasteiger partial charge in [-0.05, 0) is 37.1 Å². The highest BCUT2D eigenvalue weighted by Crippen LogP contribution is 2.40. The number of nitrogens with zero attached hydrogens (tertiary/aromatic N) is 5. The van der Waals surface area contributed by atoms with Crippen molar-refractivity contribution >= 4 is 23.4 Å². The van der Waals surface area contributed by atoms with Gasteiger partial charge in [-0.1, -0.05) is 29.4 Å². The fourth-order valence-corrected chi connectivity index (χ4v) is 3.42. The molecular weight excluding hydrogens is 358 g/mol. The van der Waals surface area contributed by atoms with Gasteiger partial charge in [0.25, 0.3) is 0 Å². The summed E-state index contributed by atoms with van der Waals surface area (Å²) in [5.74, 6) is 3.17. The fraction of sp³-hybridized carbons (Fsp3) is 0.294. The minimum atomic E-state index is 0.485. The topological polar surface area (TPSA) is 69.6 Å². The van der Waals surface area contributed by atoms with E-state index in [1.54, 1.807) is 23.9 Å². The zero-order chi connectivity index (χ0) is 17.2. The van der Waals surface area contributed by atoms with Crippen LogP contribution in [0.15, 0.2) is 46.5 Å². The highest BCUT2D eigenvalue weighted by molar-refractivity contribution is 7.98. The summed E-state index contributed by atoms with van der Waals surface area (Å²) in [6, 6.07) is 7.31. The van der Waals surface area contributed by atoms with E-state index in [4.69, 9.17) is 16.0 Å². The van der Waals surface area contributed by atoms with Crippen LogP contribution in [-0.2, 0) is 12.3 Å². The molecule has 0 spiro atoms. The summed E-state index contributed by atoms with van der Waals surface area (Å²) in [6.07, 6.45) is 4.24. The normalized spacial score (nSPS) is 14.0. The lowest BCUT2D eigenvalue weighted by Crippen LogP contribution is -2.02. The van der Waals surface area contributed by atoms with E-state index in [2.05, 4.69) is 31.5 Å². The van der Waals surface area contributed by atoms with Crippen LogP contribution in [0.1, 0.15) is 30.5 Å². The summed E-state index contributed by atoms with van der Waals surface area (Å²) >= 11 is 7.44. The van der Waals surface area contributed by atoms with Gasteiger partial charge in [0.1, 0.15) is 5.82 Å². The van der Waals surface area contributed by atoms with Crippen LogP contribution in [-0.4, -0.2) is 25.0 Å². The Kier molecular flexibility index (Phi) is 4.59. The average molecular weight is 374 g/mol. The van der Waals surface area contributed by atoms with Crippen molar-refractivity contribution in [2.75, 3.05) is 0 Å². The minimum absolute atomic E-state index is 0.485. The molecule has 8 heteroatoms. The standard InChI is InChI=1S/C17H16ClN5OS/c1-2-9-23-15(11-3-4-11)20-22-17(23)25-10-14-19-21-16(24-14)12-5-7-13(18)8-6-12/h2,5-8,11H,1,3-4,9-10H2. The molecule has 1 fully saturated rings. The van der Waals surface area contributed by atoms with Crippen LogP contribution >= 0.6 is 23.4 Å². The molecule has 1 saturated carbocycles. The first kappa shape index (κ1) is 16.4. The molecule has 128 valence electrons. The third kappa shape index (κ3) is 3.62. The SMILES string of the molecule is C=CCn1c(SCc2nnc(-c3ccc(Cl)cc3)o2)nnc1C1CC1. The van der Waals surface area contributed by atoms with E-state index < -0.39 is 0 Å². The molecule has 1 aliphatic rings. The Balaban J connectivity index is 1.47. The van der Waals surface area contributed by atoms with E-state index in [-0.39, 0.29) is 0 Å². The van der Waals surface area contributed by atoms with E-state index in [1.807, 2.05) is 18.2 Å². The third-order valence-electron chi connectivity index (χ3n) is 3.88. The van der Waals surface area contributed by atoms with E-state index >= 15 is 0 Å². The van der Waals surface area contributed by atoms with E-state index in [1.165, 1.54) is 12.8 Å². The molecular formula is C17H16ClN5OS. The third-order valence-corrected chi connectivity index (χ3v) is 5.09. The molecule has 6 nitrogen and oxygen atoms in total. The van der Waals surface area contributed by atoms with Crippen LogP contribution in [0.25, 0.3) is 11.5 Å². The van der Waals surface area contributed by atoms with Gasteiger partial charge in [0.15, 0.2) is 5.16 Å². The monoisotopic (exact) mass is 373 g/mol. The van der Waals surface area contributed by atoms with Gasteiger partial charge in [-0.25, -0.2) is 0 Å². The molecule has 0 atom stereocenters. The molecule has 0 N–H and O–H groups in total. The Bertz CT molecular complexity index is 885. The van der Waals surface area contributed by atoms with Crippen molar-refractivity contribution in [1.29, 1.82) is 0 Å². The summed E-state index contributed by atoms with van der Waals surface area (Å²) in [7, 11) is 0. The van der Waals surface area contributed by atoms with Crippen LogP contribution < -0.4 is 0 Å². The maximum absolute atomic E-state index is 5.90. The molecule has 0 saturated heterocycles. The minimum Gasteiger partial charge on any atom is -0.420 e. The number of halogens is 1. The summed E-state index contributed by atoms with van der Waals surface area (Å²) in [5.41, 5.74) is 0.846. The van der Waals surface area contributed by atoms with Crippen molar-refractivity contribution in [2.45, 2.75) is 36.2 Å². The number of hydrogen-bond donors (Lipinski definition) is 0. The fourth-order valence-electron chi connectivity index (χ4n) is 2.50. The van der Waals surface area contributed by atoms with Crippen molar-refractivity contribution in [3.05, 3.63) is 53.7 Å². The molecule has 0 amide bonds. The second kappa shape index (κ2) is 7.01. The number of hydrogen-bond acceptors (Lipinski definition) is 6. The van der Waals surface area contributed by atoms with E-state index in [9.17, 15) is 0 Å². The van der Waals surface area contributed by atoms with Gasteiger partial charge in [0.2, 0.25) is 11.8 Å². The van der Waals surface area contributed by atoms with Crippen molar-refractivity contribution in [3.8, 4) is 11.5 Å². The number of allylic oxidation sites excluding steroid dienone is 1. The maximum Gasteiger partial charge on any atom is 0.247 e. The first-order chi connectivity index (χ1) is 12.2. The Hall–Kier alpha value is -2.12. The van der Waals surface area contributed by atoms with Gasteiger partial charge in [-0.2, -0.15) is 0 Å². The zero-order valence-electron chi connectivity index (χ0n) is 13.4. The molecule has 1 aromatic carbocycles. The number of rotatable bonds is 7. The molecule has 0 bridgehead atoms. The first-order valence-electron chi connectivity index (χ1n) is 7.99. The highest BCUT2D eigenvalue weighted by Gasteiger charge is 2.30. The smallest absolute Gasteiger partial charge is 0.247 e. The summed E-state index contributed by atoms with van der Waals surface area (Å²) in [5, 5.41) is 18.4. The van der Waals surface area contributed by atoms with Crippen LogP contribution in [0.5, 0.6) is 0 Å². The van der Waals surface area contributed by atoms with E-state index in [0.717, 1.165) is 16.5 Å². The molecule has 0 radical (unpaired) electrons. The summed E-state index contributed by atoms with van der Waals surface area (Å²) in [4.78, 5) is 0. The van der Waals surface area contributed by atoms with Crippen molar-refractivity contribution in [1.82, 2.24) is 25.0 Å². The lowest BCUT2D eigenvalue weighted by molar-refractivity contribution is 0.528. The number of aromatic nitrogens is 5. The van der Waals surface area contributed by atoms with Crippen molar-refractivity contribution in [2.24, 2.45) is 0 Å². The van der Waals surface area contributed by atoms with Crippen LogP contribution in [0.4, 0.5) is 0 Å². The van der Waals surface area contributed by atoms with Gasteiger partial charge in [0, 0.05) is 23.0 Å². The second-order valence-electron chi connectivity index (χ2n) is 5.81. The number of benzene rings is 1. The van der Waals surface area contributed by atoms with Gasteiger partial charge in [-0.15, -0.1) is 27.0 Å². The second-order valence-corrected chi connectivity index (χ2v) is 7.19. The lowest BCUT2D eigenvalue weighted by Gasteiger charge is -2.05. The molecule has 0 aliphatic heterocycles. The molecule has 1 aliphatic carbocycles. The van der Waals surface area contributed by atoms with Crippen LogP contribution in [0, 0.1) is 0 Å². The van der Waals surface area contributed by atoms with Gasteiger partial charge in [0.05, 0.1) is 5.75 Å². The molecule has 2 aromatic heterocycles. The Morgan fingerprint density at radius 3 is 2.72 bits per heavy atom. The summed E-state index contributed by atoms with van der Waals surface area (Å²) in [6.45, 7) is 4.53. The van der Waals surface area contributed by atoms with Gasteiger partial charge in [-0.3, -0.25) is 0 Å². The molecule has 4 rings (SSSR count). The van der Waals surface area contributed by atoms with E-state index in [0.29, 0.717) is 35.0 Å². The first-order valence-corrected chi connectivity index (χ1v) is 9.36. The Labute approximate surface area is 154 Å². The summed E-state index contributed by atoms with van der Waals surface area (Å²) < 4.78 is 7.85. The van der Waals surface area contributed by atoms with Gasteiger partial charge < -0.3 is 8.98 Å².